The summed E-state index contributed by atoms with van der Waals surface area (Å²) >= 11 is 0. The number of nitrogens with one attached hydrogen (secondary N) is 1. The Labute approximate surface area is 165 Å². The van der Waals surface area contributed by atoms with E-state index in [4.69, 9.17) is 4.43 Å². The van der Waals surface area contributed by atoms with E-state index in [0.717, 1.165) is 6.54 Å². The molecule has 0 amide bonds. The van der Waals surface area contributed by atoms with Gasteiger partial charge in [-0.05, 0) is 54.1 Å². The number of hydrogen-bond donors (Lipinski definition) is 1. The Morgan fingerprint density at radius 1 is 0.889 bits per heavy atom. The van der Waals surface area contributed by atoms with Crippen LogP contribution < -0.4 is 15.7 Å². The molecule has 2 aromatic rings. The van der Waals surface area contributed by atoms with Gasteiger partial charge in [-0.3, -0.25) is 0 Å². The van der Waals surface area contributed by atoms with Gasteiger partial charge in [0.25, 0.3) is 8.32 Å². The average molecular weight is 380 g/mol. The van der Waals surface area contributed by atoms with Crippen LogP contribution in [-0.2, 0) is 4.43 Å². The fourth-order valence-electron chi connectivity index (χ4n) is 5.43. The molecule has 4 rings (SSSR count). The fraction of sp³-hybridized carbons (Fsp3) is 0.500. The number of benzene rings is 2. The van der Waals surface area contributed by atoms with Gasteiger partial charge in [0.15, 0.2) is 0 Å². The molecule has 1 aliphatic carbocycles. The van der Waals surface area contributed by atoms with Crippen molar-refractivity contribution in [3.63, 3.8) is 0 Å². The van der Waals surface area contributed by atoms with E-state index in [-0.39, 0.29) is 10.6 Å². The quantitative estimate of drug-likeness (QED) is 0.803. The lowest BCUT2D eigenvalue weighted by Gasteiger charge is -2.47. The standard InChI is InChI=1S/C24H33NOSi/c1-23(2,3)27(20-12-6-4-7-13-20,21-14-8-5-9-15-21)26-22-16-10-17-24(22)18-11-19-25-24/h4-9,12-15,22,25H,10-11,16-19H2,1-3H3/t22-,24-/m0/s1. The Kier molecular flexibility index (Phi) is 5.04. The monoisotopic (exact) mass is 379 g/mol. The molecule has 1 N–H and O–H groups in total. The molecule has 0 unspecified atom stereocenters. The lowest BCUT2D eigenvalue weighted by atomic mass is 9.93. The number of hydrogen-bond acceptors (Lipinski definition) is 2. The van der Waals surface area contributed by atoms with Crippen LogP contribution in [0.2, 0.25) is 5.04 Å². The highest BCUT2D eigenvalue weighted by Crippen LogP contribution is 2.44. The molecule has 144 valence electrons. The molecule has 0 radical (unpaired) electrons. The van der Waals surface area contributed by atoms with Gasteiger partial charge in [-0.1, -0.05) is 81.4 Å². The van der Waals surface area contributed by atoms with Gasteiger partial charge in [-0.2, -0.15) is 0 Å². The molecule has 1 spiro atoms. The molecule has 2 nitrogen and oxygen atoms in total. The van der Waals surface area contributed by atoms with E-state index in [1.54, 1.807) is 0 Å². The zero-order chi connectivity index (χ0) is 19.0. The molecular formula is C24H33NOSi. The van der Waals surface area contributed by atoms with Crippen molar-refractivity contribution in [2.75, 3.05) is 6.54 Å². The Bertz CT molecular complexity index is 702. The van der Waals surface area contributed by atoms with Gasteiger partial charge in [0, 0.05) is 5.54 Å². The van der Waals surface area contributed by atoms with Crippen LogP contribution in [0.15, 0.2) is 60.7 Å². The predicted molar refractivity (Wildman–Crippen MR) is 116 cm³/mol. The molecule has 0 aromatic heterocycles. The van der Waals surface area contributed by atoms with E-state index in [1.165, 1.54) is 42.5 Å². The Morgan fingerprint density at radius 2 is 1.44 bits per heavy atom. The molecule has 1 heterocycles. The molecule has 1 saturated heterocycles. The third-order valence-electron chi connectivity index (χ3n) is 6.72. The van der Waals surface area contributed by atoms with Crippen molar-refractivity contribution in [1.29, 1.82) is 0 Å². The van der Waals surface area contributed by atoms with Gasteiger partial charge >= 0.3 is 0 Å². The zero-order valence-corrected chi connectivity index (χ0v) is 18.0. The molecular weight excluding hydrogens is 346 g/mol. The van der Waals surface area contributed by atoms with E-state index in [0.29, 0.717) is 6.10 Å². The Morgan fingerprint density at radius 3 is 1.93 bits per heavy atom. The molecule has 1 saturated carbocycles. The zero-order valence-electron chi connectivity index (χ0n) is 17.0. The predicted octanol–water partition coefficient (Wildman–Crippen LogP) is 4.24. The van der Waals surface area contributed by atoms with Gasteiger partial charge in [0.05, 0.1) is 6.10 Å². The molecule has 1 aliphatic heterocycles. The third kappa shape index (κ3) is 3.20. The van der Waals surface area contributed by atoms with Crippen molar-refractivity contribution in [2.45, 2.75) is 69.6 Å². The second-order valence-electron chi connectivity index (χ2n) is 9.35. The summed E-state index contributed by atoms with van der Waals surface area (Å²) in [4.78, 5) is 0. The van der Waals surface area contributed by atoms with Crippen LogP contribution >= 0.6 is 0 Å². The summed E-state index contributed by atoms with van der Waals surface area (Å²) in [5.41, 5.74) is 0.201. The summed E-state index contributed by atoms with van der Waals surface area (Å²) in [5, 5.41) is 6.69. The van der Waals surface area contributed by atoms with Crippen LogP contribution in [0.4, 0.5) is 0 Å². The first-order valence-electron chi connectivity index (χ1n) is 10.5. The van der Waals surface area contributed by atoms with Crippen molar-refractivity contribution in [1.82, 2.24) is 5.32 Å². The normalized spacial score (nSPS) is 26.0. The molecule has 3 heteroatoms. The van der Waals surface area contributed by atoms with Gasteiger partial charge < -0.3 is 9.74 Å². The Balaban J connectivity index is 1.85. The first-order valence-corrected chi connectivity index (χ1v) is 12.4. The molecule has 27 heavy (non-hydrogen) atoms. The summed E-state index contributed by atoms with van der Waals surface area (Å²) in [6.07, 6.45) is 6.56. The van der Waals surface area contributed by atoms with E-state index in [1.807, 2.05) is 0 Å². The number of rotatable bonds is 4. The lowest BCUT2D eigenvalue weighted by molar-refractivity contribution is 0.111. The minimum atomic E-state index is -2.45. The highest BCUT2D eigenvalue weighted by atomic mass is 28.4. The van der Waals surface area contributed by atoms with Crippen LogP contribution in [-0.4, -0.2) is 26.5 Å². The van der Waals surface area contributed by atoms with Gasteiger partial charge in [0.2, 0.25) is 0 Å². The fourth-order valence-corrected chi connectivity index (χ4v) is 10.2. The van der Waals surface area contributed by atoms with Crippen molar-refractivity contribution < 1.29 is 4.43 Å². The third-order valence-corrected chi connectivity index (χ3v) is 11.8. The first kappa shape index (κ1) is 18.9. The highest BCUT2D eigenvalue weighted by molar-refractivity contribution is 6.99. The van der Waals surface area contributed by atoms with Crippen LogP contribution in [0.25, 0.3) is 0 Å². The van der Waals surface area contributed by atoms with E-state index in [2.05, 4.69) is 86.8 Å². The molecule has 0 bridgehead atoms. The van der Waals surface area contributed by atoms with Gasteiger partial charge in [-0.15, -0.1) is 0 Å². The van der Waals surface area contributed by atoms with Crippen molar-refractivity contribution >= 4 is 18.7 Å². The van der Waals surface area contributed by atoms with Crippen LogP contribution in [0.3, 0.4) is 0 Å². The summed E-state index contributed by atoms with van der Waals surface area (Å²) in [6.45, 7) is 8.27. The Hall–Kier alpha value is -1.42. The summed E-state index contributed by atoms with van der Waals surface area (Å²) in [7, 11) is -2.45. The van der Waals surface area contributed by atoms with Crippen molar-refractivity contribution in [3.05, 3.63) is 60.7 Å². The van der Waals surface area contributed by atoms with Crippen LogP contribution in [0.5, 0.6) is 0 Å². The summed E-state index contributed by atoms with van der Waals surface area (Å²) < 4.78 is 7.45. The largest absolute Gasteiger partial charge is 0.403 e. The maximum absolute atomic E-state index is 7.45. The van der Waals surface area contributed by atoms with Crippen molar-refractivity contribution in [2.24, 2.45) is 0 Å². The minimum Gasteiger partial charge on any atom is -0.403 e. The van der Waals surface area contributed by atoms with Crippen molar-refractivity contribution in [3.8, 4) is 0 Å². The van der Waals surface area contributed by atoms with Gasteiger partial charge in [0.1, 0.15) is 0 Å². The molecule has 2 fully saturated rings. The first-order chi connectivity index (χ1) is 13.0. The SMILES string of the molecule is CC(C)(C)[Si](O[C@H]1CCC[C@]12CCCN2)(c1ccccc1)c1ccccc1. The van der Waals surface area contributed by atoms with Gasteiger partial charge in [-0.25, -0.2) is 0 Å². The van der Waals surface area contributed by atoms with Crippen LogP contribution in [0, 0.1) is 0 Å². The molecule has 2 aliphatic rings. The second kappa shape index (κ2) is 7.19. The van der Waals surface area contributed by atoms with E-state index < -0.39 is 8.32 Å². The van der Waals surface area contributed by atoms with E-state index >= 15 is 0 Å². The second-order valence-corrected chi connectivity index (χ2v) is 13.6. The molecule has 2 aromatic carbocycles. The summed E-state index contributed by atoms with van der Waals surface area (Å²) in [6, 6.07) is 22.1. The topological polar surface area (TPSA) is 21.3 Å². The molecule has 2 atom stereocenters. The lowest BCUT2D eigenvalue weighted by Crippen LogP contribution is -2.69. The average Bonchev–Trinajstić information content (AvgIpc) is 3.30. The minimum absolute atomic E-state index is 0.0537. The maximum Gasteiger partial charge on any atom is 0.261 e. The smallest absolute Gasteiger partial charge is 0.261 e. The summed E-state index contributed by atoms with van der Waals surface area (Å²) in [5.74, 6) is 0. The maximum atomic E-state index is 7.45. The van der Waals surface area contributed by atoms with Crippen LogP contribution in [0.1, 0.15) is 52.9 Å². The van der Waals surface area contributed by atoms with E-state index in [9.17, 15) is 0 Å². The highest BCUT2D eigenvalue weighted by Gasteiger charge is 2.55.